The van der Waals surface area contributed by atoms with Gasteiger partial charge in [0.05, 0.1) is 18.7 Å². The lowest BCUT2D eigenvalue weighted by Gasteiger charge is -2.41. The van der Waals surface area contributed by atoms with Gasteiger partial charge in [-0.2, -0.15) is 0 Å². The minimum Gasteiger partial charge on any atom is -0.465 e. The molecule has 2 bridgehead atoms. The number of anilines is 2. The lowest BCUT2D eigenvalue weighted by Crippen LogP contribution is -2.56. The Morgan fingerprint density at radius 2 is 1.68 bits per heavy atom. The summed E-state index contributed by atoms with van der Waals surface area (Å²) in [7, 11) is 0. The molecule has 224 valence electrons. The molecule has 3 aliphatic rings. The van der Waals surface area contributed by atoms with Gasteiger partial charge in [-0.1, -0.05) is 19.0 Å². The van der Waals surface area contributed by atoms with Crippen LogP contribution in [0.4, 0.5) is 16.6 Å². The topological polar surface area (TPSA) is 114 Å². The van der Waals surface area contributed by atoms with E-state index in [9.17, 15) is 9.59 Å². The summed E-state index contributed by atoms with van der Waals surface area (Å²) >= 11 is 0. The van der Waals surface area contributed by atoms with Crippen LogP contribution in [0, 0.1) is 5.92 Å². The largest absolute Gasteiger partial charge is 0.465 e. The number of nitrogens with zero attached hydrogens (tertiary/aromatic N) is 6. The highest BCUT2D eigenvalue weighted by atomic mass is 16.6. The molecular formula is C30H44N6O5. The van der Waals surface area contributed by atoms with Crippen molar-refractivity contribution >= 4 is 23.8 Å². The van der Waals surface area contributed by atoms with Crippen LogP contribution in [-0.2, 0) is 14.3 Å². The number of likely N-dealkylation sites (tertiary alicyclic amines) is 1. The molecule has 11 heteroatoms. The third kappa shape index (κ3) is 6.43. The van der Waals surface area contributed by atoms with E-state index in [0.717, 1.165) is 56.1 Å². The van der Waals surface area contributed by atoms with Crippen molar-refractivity contribution in [2.24, 2.45) is 5.92 Å². The summed E-state index contributed by atoms with van der Waals surface area (Å²) in [4.78, 5) is 41.0. The standard InChI is InChI=1S/C30H44N6O5/c1-7-39-27(37)26(19(2)3)24-14-25(33-41-24)34-12-10-20(11-13-34)21-15-31-28(32-16-21)36-22-8-9-23(36)18-35(17-22)29(38)40-30(4,5)6/h14-16,19-20,22-23,26H,7-13,17-18H2,1-6H3. The number of ether oxygens (including phenoxy) is 2. The number of piperazine rings is 1. The molecule has 0 spiro atoms. The van der Waals surface area contributed by atoms with Crippen molar-refractivity contribution < 1.29 is 23.6 Å². The van der Waals surface area contributed by atoms with Crippen LogP contribution in [0.2, 0.25) is 0 Å². The molecule has 3 saturated heterocycles. The minimum absolute atomic E-state index is 0.0487. The van der Waals surface area contributed by atoms with Gasteiger partial charge in [0.25, 0.3) is 0 Å². The number of piperidine rings is 1. The van der Waals surface area contributed by atoms with E-state index in [4.69, 9.17) is 24.0 Å². The number of fused-ring (bicyclic) bond motifs is 2. The summed E-state index contributed by atoms with van der Waals surface area (Å²) in [5, 5.41) is 4.28. The lowest BCUT2D eigenvalue weighted by molar-refractivity contribution is -0.146. The van der Waals surface area contributed by atoms with Gasteiger partial charge in [-0.05, 0) is 70.8 Å². The monoisotopic (exact) mass is 568 g/mol. The van der Waals surface area contributed by atoms with Crippen LogP contribution in [-0.4, -0.2) is 82.6 Å². The number of rotatable bonds is 7. The molecule has 3 unspecified atom stereocenters. The smallest absolute Gasteiger partial charge is 0.410 e. The number of hydrogen-bond donors (Lipinski definition) is 0. The van der Waals surface area contributed by atoms with Crippen LogP contribution < -0.4 is 9.80 Å². The molecule has 0 aliphatic carbocycles. The van der Waals surface area contributed by atoms with Gasteiger partial charge in [0.15, 0.2) is 11.6 Å². The van der Waals surface area contributed by atoms with Crippen LogP contribution in [0.3, 0.4) is 0 Å². The Kier molecular flexibility index (Phi) is 8.42. The fourth-order valence-corrected chi connectivity index (χ4v) is 6.35. The van der Waals surface area contributed by atoms with Crippen molar-refractivity contribution in [3.8, 4) is 0 Å². The number of carbonyl (C=O) groups excluding carboxylic acids is 2. The molecule has 3 atom stereocenters. The first kappa shape index (κ1) is 29.1. The number of aromatic nitrogens is 3. The van der Waals surface area contributed by atoms with E-state index < -0.39 is 11.5 Å². The van der Waals surface area contributed by atoms with Gasteiger partial charge in [-0.15, -0.1) is 0 Å². The van der Waals surface area contributed by atoms with Crippen molar-refractivity contribution in [3.05, 3.63) is 29.8 Å². The maximum Gasteiger partial charge on any atom is 0.410 e. The molecule has 0 radical (unpaired) electrons. The van der Waals surface area contributed by atoms with E-state index in [1.54, 1.807) is 0 Å². The highest BCUT2D eigenvalue weighted by molar-refractivity contribution is 5.78. The predicted octanol–water partition coefficient (Wildman–Crippen LogP) is 4.74. The molecule has 0 aromatic carbocycles. The van der Waals surface area contributed by atoms with Gasteiger partial charge < -0.3 is 28.7 Å². The first-order chi connectivity index (χ1) is 19.5. The van der Waals surface area contributed by atoms with Crippen LogP contribution in [0.5, 0.6) is 0 Å². The van der Waals surface area contributed by atoms with Gasteiger partial charge in [0.1, 0.15) is 11.5 Å². The zero-order valence-corrected chi connectivity index (χ0v) is 25.2. The van der Waals surface area contributed by atoms with Crippen molar-refractivity contribution in [1.29, 1.82) is 0 Å². The average Bonchev–Trinajstić information content (AvgIpc) is 3.50. The van der Waals surface area contributed by atoms with Crippen LogP contribution in [0.25, 0.3) is 0 Å². The van der Waals surface area contributed by atoms with E-state index >= 15 is 0 Å². The Bertz CT molecular complexity index is 1190. The normalized spacial score (nSPS) is 22.3. The number of esters is 1. The van der Waals surface area contributed by atoms with Crippen LogP contribution in [0.15, 0.2) is 23.0 Å². The molecule has 41 heavy (non-hydrogen) atoms. The summed E-state index contributed by atoms with van der Waals surface area (Å²) in [6, 6.07) is 2.31. The van der Waals surface area contributed by atoms with Crippen molar-refractivity contribution in [2.75, 3.05) is 42.6 Å². The third-order valence-electron chi connectivity index (χ3n) is 8.34. The summed E-state index contributed by atoms with van der Waals surface area (Å²) in [5.41, 5.74) is 0.650. The molecule has 0 saturated carbocycles. The van der Waals surface area contributed by atoms with Gasteiger partial charge in [0.2, 0.25) is 5.95 Å². The summed E-state index contributed by atoms with van der Waals surface area (Å²) < 4.78 is 16.5. The fraction of sp³-hybridized carbons (Fsp3) is 0.700. The quantitative estimate of drug-likeness (QED) is 0.434. The number of carbonyl (C=O) groups is 2. The molecule has 5 rings (SSSR count). The highest BCUT2D eigenvalue weighted by Crippen LogP contribution is 2.36. The fourth-order valence-electron chi connectivity index (χ4n) is 6.35. The molecule has 0 N–H and O–H groups in total. The second-order valence-corrected chi connectivity index (χ2v) is 12.8. The van der Waals surface area contributed by atoms with E-state index in [0.29, 0.717) is 31.4 Å². The zero-order valence-electron chi connectivity index (χ0n) is 25.2. The average molecular weight is 569 g/mol. The van der Waals surface area contributed by atoms with E-state index in [1.165, 1.54) is 0 Å². The van der Waals surface area contributed by atoms with Gasteiger partial charge >= 0.3 is 12.1 Å². The van der Waals surface area contributed by atoms with E-state index in [2.05, 4.69) is 15.0 Å². The lowest BCUT2D eigenvalue weighted by atomic mass is 9.91. The maximum absolute atomic E-state index is 12.6. The molecular weight excluding hydrogens is 524 g/mol. The molecule has 2 aromatic rings. The van der Waals surface area contributed by atoms with E-state index in [-0.39, 0.29) is 30.1 Å². The van der Waals surface area contributed by atoms with Crippen molar-refractivity contribution in [1.82, 2.24) is 20.0 Å². The first-order valence-electron chi connectivity index (χ1n) is 15.0. The van der Waals surface area contributed by atoms with E-state index in [1.807, 2.05) is 64.9 Å². The Morgan fingerprint density at radius 3 is 2.24 bits per heavy atom. The number of amides is 1. The zero-order chi connectivity index (χ0) is 29.3. The number of hydrogen-bond acceptors (Lipinski definition) is 10. The first-order valence-corrected chi connectivity index (χ1v) is 15.0. The Hall–Kier alpha value is -3.37. The van der Waals surface area contributed by atoms with Gasteiger partial charge in [0, 0.05) is 44.6 Å². The van der Waals surface area contributed by atoms with Gasteiger partial charge in [-0.3, -0.25) is 4.79 Å². The Morgan fingerprint density at radius 1 is 1.05 bits per heavy atom. The summed E-state index contributed by atoms with van der Waals surface area (Å²) in [5.74, 6) is 1.76. The molecule has 1 amide bonds. The maximum atomic E-state index is 12.6. The summed E-state index contributed by atoms with van der Waals surface area (Å²) in [6.45, 7) is 14.8. The summed E-state index contributed by atoms with van der Waals surface area (Å²) in [6.07, 6.45) is 7.67. The molecule has 3 aliphatic heterocycles. The minimum atomic E-state index is -0.499. The van der Waals surface area contributed by atoms with Crippen molar-refractivity contribution in [2.45, 2.75) is 96.7 Å². The second kappa shape index (κ2) is 11.9. The third-order valence-corrected chi connectivity index (χ3v) is 8.34. The molecule has 2 aromatic heterocycles. The second-order valence-electron chi connectivity index (χ2n) is 12.8. The predicted molar refractivity (Wildman–Crippen MR) is 154 cm³/mol. The Balaban J connectivity index is 1.17. The molecule has 5 heterocycles. The SMILES string of the molecule is CCOC(=O)C(c1cc(N2CCC(c3cnc(N4C5CCC4CN(C(=O)OC(C)(C)C)C5)nc3)CC2)no1)C(C)C. The highest BCUT2D eigenvalue weighted by Gasteiger charge is 2.43. The van der Waals surface area contributed by atoms with Crippen molar-refractivity contribution in [3.63, 3.8) is 0 Å². The van der Waals surface area contributed by atoms with Gasteiger partial charge in [-0.25, -0.2) is 14.8 Å². The van der Waals surface area contributed by atoms with Crippen LogP contribution >= 0.6 is 0 Å². The van der Waals surface area contributed by atoms with Crippen LogP contribution in [0.1, 0.15) is 90.4 Å². The molecule has 11 nitrogen and oxygen atoms in total. The molecule has 3 fully saturated rings. The Labute approximate surface area is 242 Å².